The predicted molar refractivity (Wildman–Crippen MR) is 117 cm³/mol. The summed E-state index contributed by atoms with van der Waals surface area (Å²) < 4.78 is 28.0. The van der Waals surface area contributed by atoms with E-state index in [2.05, 4.69) is 20.9 Å². The Hall–Kier alpha value is -2.00. The van der Waals surface area contributed by atoms with Crippen LogP contribution in [0.15, 0.2) is 57.9 Å². The zero-order valence-corrected chi connectivity index (χ0v) is 18.5. The van der Waals surface area contributed by atoms with Crippen molar-refractivity contribution in [3.05, 3.63) is 64.3 Å². The lowest BCUT2D eigenvalue weighted by molar-refractivity contribution is 0.0903. The van der Waals surface area contributed by atoms with Gasteiger partial charge in [0.25, 0.3) is 0 Å². The van der Waals surface area contributed by atoms with E-state index in [1.54, 1.807) is 24.3 Å². The molecule has 29 heavy (non-hydrogen) atoms. The van der Waals surface area contributed by atoms with Gasteiger partial charge in [-0.25, -0.2) is 8.42 Å². The number of aryl methyl sites for hydroxylation is 1. The van der Waals surface area contributed by atoms with E-state index in [4.69, 9.17) is 0 Å². The Bertz CT molecular complexity index is 1150. The van der Waals surface area contributed by atoms with Gasteiger partial charge < -0.3 is 4.98 Å². The van der Waals surface area contributed by atoms with Crippen molar-refractivity contribution in [1.29, 1.82) is 0 Å². The SMILES string of the molecule is Cc1[nH]c2ccccc2c1C(=O)CN1CCN(S(=O)(=O)c2ccc(Br)cc2)CC1. The first-order valence-corrected chi connectivity index (χ1v) is 11.7. The summed E-state index contributed by atoms with van der Waals surface area (Å²) in [5.74, 6) is 0.0594. The third-order valence-electron chi connectivity index (χ3n) is 5.32. The van der Waals surface area contributed by atoms with Crippen molar-refractivity contribution in [3.8, 4) is 0 Å². The first-order valence-electron chi connectivity index (χ1n) is 9.45. The van der Waals surface area contributed by atoms with Crippen molar-refractivity contribution >= 4 is 42.6 Å². The molecule has 1 aromatic heterocycles. The molecule has 6 nitrogen and oxygen atoms in total. The highest BCUT2D eigenvalue weighted by Crippen LogP contribution is 2.23. The summed E-state index contributed by atoms with van der Waals surface area (Å²) in [6.07, 6.45) is 0. The van der Waals surface area contributed by atoms with Crippen molar-refractivity contribution in [2.24, 2.45) is 0 Å². The molecule has 0 atom stereocenters. The predicted octanol–water partition coefficient (Wildman–Crippen LogP) is 3.43. The van der Waals surface area contributed by atoms with Crippen LogP contribution in [0, 0.1) is 6.92 Å². The van der Waals surface area contributed by atoms with Crippen LogP contribution in [-0.2, 0) is 10.0 Å². The fourth-order valence-electron chi connectivity index (χ4n) is 3.80. The van der Waals surface area contributed by atoms with Crippen LogP contribution in [0.1, 0.15) is 16.1 Å². The fourth-order valence-corrected chi connectivity index (χ4v) is 5.49. The first kappa shape index (κ1) is 20.3. The van der Waals surface area contributed by atoms with Gasteiger partial charge in [-0.3, -0.25) is 9.69 Å². The maximum absolute atomic E-state index is 12.9. The van der Waals surface area contributed by atoms with Crippen molar-refractivity contribution in [2.45, 2.75) is 11.8 Å². The molecule has 2 heterocycles. The van der Waals surface area contributed by atoms with Gasteiger partial charge in [-0.05, 0) is 37.3 Å². The Morgan fingerprint density at radius 2 is 1.69 bits per heavy atom. The van der Waals surface area contributed by atoms with E-state index in [-0.39, 0.29) is 12.3 Å². The Balaban J connectivity index is 1.43. The maximum Gasteiger partial charge on any atom is 0.243 e. The lowest BCUT2D eigenvalue weighted by Gasteiger charge is -2.33. The number of carbonyl (C=O) groups excluding carboxylic acids is 1. The summed E-state index contributed by atoms with van der Waals surface area (Å²) in [4.78, 5) is 18.5. The number of piperazine rings is 1. The van der Waals surface area contributed by atoms with Crippen LogP contribution < -0.4 is 0 Å². The third-order valence-corrected chi connectivity index (χ3v) is 7.76. The molecule has 0 radical (unpaired) electrons. The van der Waals surface area contributed by atoms with Crippen LogP contribution in [0.4, 0.5) is 0 Å². The highest BCUT2D eigenvalue weighted by atomic mass is 79.9. The van der Waals surface area contributed by atoms with Gasteiger partial charge in [0.1, 0.15) is 0 Å². The number of para-hydroxylation sites is 1. The van der Waals surface area contributed by atoms with Gasteiger partial charge in [0.15, 0.2) is 5.78 Å². The number of Topliss-reactive ketones (excluding diaryl/α,β-unsaturated/α-hetero) is 1. The number of carbonyl (C=O) groups is 1. The van der Waals surface area contributed by atoms with Crippen LogP contribution in [0.5, 0.6) is 0 Å². The molecule has 8 heteroatoms. The molecule has 1 aliphatic rings. The van der Waals surface area contributed by atoms with Crippen LogP contribution in [0.2, 0.25) is 0 Å². The first-order chi connectivity index (χ1) is 13.9. The number of hydrogen-bond donors (Lipinski definition) is 1. The Labute approximate surface area is 178 Å². The standard InChI is InChI=1S/C21H22BrN3O3S/c1-15-21(18-4-2-3-5-19(18)23-15)20(26)14-24-10-12-25(13-11-24)29(27,28)17-8-6-16(22)7-9-17/h2-9,23H,10-14H2,1H3. The van der Waals surface area contributed by atoms with Gasteiger partial charge >= 0.3 is 0 Å². The number of sulfonamides is 1. The molecule has 1 saturated heterocycles. The number of halogens is 1. The van der Waals surface area contributed by atoms with Gasteiger partial charge in [-0.1, -0.05) is 34.1 Å². The van der Waals surface area contributed by atoms with Gasteiger partial charge in [-0.15, -0.1) is 0 Å². The lowest BCUT2D eigenvalue weighted by Crippen LogP contribution is -2.49. The molecule has 0 unspecified atom stereocenters. The Morgan fingerprint density at radius 3 is 2.38 bits per heavy atom. The molecule has 1 aliphatic heterocycles. The minimum absolute atomic E-state index is 0.0594. The van der Waals surface area contributed by atoms with Crippen LogP contribution >= 0.6 is 15.9 Å². The van der Waals surface area contributed by atoms with Gasteiger partial charge in [0, 0.05) is 52.8 Å². The summed E-state index contributed by atoms with van der Waals surface area (Å²) in [5.41, 5.74) is 2.55. The molecular weight excluding hydrogens is 454 g/mol. The average molecular weight is 476 g/mol. The largest absolute Gasteiger partial charge is 0.358 e. The topological polar surface area (TPSA) is 73.5 Å². The second-order valence-corrected chi connectivity index (χ2v) is 10.1. The van der Waals surface area contributed by atoms with Gasteiger partial charge in [-0.2, -0.15) is 4.31 Å². The molecule has 0 spiro atoms. The monoisotopic (exact) mass is 475 g/mol. The molecule has 2 aromatic carbocycles. The van der Waals surface area contributed by atoms with Crippen molar-refractivity contribution in [1.82, 2.24) is 14.2 Å². The number of H-pyrrole nitrogens is 1. The third kappa shape index (κ3) is 4.02. The van der Waals surface area contributed by atoms with Gasteiger partial charge in [0.05, 0.1) is 11.4 Å². The number of nitrogens with zero attached hydrogens (tertiary/aromatic N) is 2. The average Bonchev–Trinajstić information content (AvgIpc) is 3.04. The molecule has 3 aromatic rings. The van der Waals surface area contributed by atoms with E-state index < -0.39 is 10.0 Å². The molecule has 152 valence electrons. The zero-order chi connectivity index (χ0) is 20.6. The normalized spacial score (nSPS) is 16.3. The summed E-state index contributed by atoms with van der Waals surface area (Å²) in [6, 6.07) is 14.5. The molecular formula is C21H22BrN3O3S. The summed E-state index contributed by atoms with van der Waals surface area (Å²) in [7, 11) is -3.51. The molecule has 0 aliphatic carbocycles. The number of fused-ring (bicyclic) bond motifs is 1. The molecule has 0 amide bonds. The van der Waals surface area contributed by atoms with Crippen molar-refractivity contribution < 1.29 is 13.2 Å². The van der Waals surface area contributed by atoms with E-state index in [1.807, 2.05) is 36.1 Å². The molecule has 0 bridgehead atoms. The Morgan fingerprint density at radius 1 is 1.03 bits per heavy atom. The van der Waals surface area contributed by atoms with Crippen molar-refractivity contribution in [3.63, 3.8) is 0 Å². The number of hydrogen-bond acceptors (Lipinski definition) is 4. The van der Waals surface area contributed by atoms with E-state index >= 15 is 0 Å². The highest BCUT2D eigenvalue weighted by Gasteiger charge is 2.29. The van der Waals surface area contributed by atoms with E-state index in [0.29, 0.717) is 31.1 Å². The molecule has 0 saturated carbocycles. The molecule has 1 N–H and O–H groups in total. The summed E-state index contributed by atoms with van der Waals surface area (Å²) in [5, 5.41) is 0.937. The van der Waals surface area contributed by atoms with Crippen LogP contribution in [0.25, 0.3) is 10.9 Å². The Kier molecular flexibility index (Phi) is 5.61. The quantitative estimate of drug-likeness (QED) is 0.573. The van der Waals surface area contributed by atoms with E-state index in [9.17, 15) is 13.2 Å². The molecule has 4 rings (SSSR count). The summed E-state index contributed by atoms with van der Waals surface area (Å²) in [6.45, 7) is 4.01. The second-order valence-electron chi connectivity index (χ2n) is 7.23. The smallest absolute Gasteiger partial charge is 0.243 e. The summed E-state index contributed by atoms with van der Waals surface area (Å²) >= 11 is 3.33. The van der Waals surface area contributed by atoms with E-state index in [1.165, 1.54) is 4.31 Å². The van der Waals surface area contributed by atoms with Gasteiger partial charge in [0.2, 0.25) is 10.0 Å². The van der Waals surface area contributed by atoms with Crippen LogP contribution in [0.3, 0.4) is 0 Å². The number of nitrogens with one attached hydrogen (secondary N) is 1. The van der Waals surface area contributed by atoms with Crippen LogP contribution in [-0.4, -0.2) is 61.1 Å². The zero-order valence-electron chi connectivity index (χ0n) is 16.1. The molecule has 1 fully saturated rings. The lowest BCUT2D eigenvalue weighted by atomic mass is 10.1. The second kappa shape index (κ2) is 8.02. The minimum atomic E-state index is -3.51. The number of rotatable bonds is 5. The number of benzene rings is 2. The maximum atomic E-state index is 12.9. The number of ketones is 1. The van der Waals surface area contributed by atoms with E-state index in [0.717, 1.165) is 26.6 Å². The highest BCUT2D eigenvalue weighted by molar-refractivity contribution is 9.10. The number of aromatic amines is 1. The van der Waals surface area contributed by atoms with Crippen molar-refractivity contribution in [2.75, 3.05) is 32.7 Å². The minimum Gasteiger partial charge on any atom is -0.358 e. The fraction of sp³-hybridized carbons (Fsp3) is 0.286. The number of aromatic nitrogens is 1.